The number of rotatable bonds is 9. The number of furan rings is 1. The molecule has 1 aromatic heterocycles. The van der Waals surface area contributed by atoms with Gasteiger partial charge in [0.05, 0.1) is 0 Å². The second-order valence-electron chi connectivity index (χ2n) is 4.68. The molecule has 20 heavy (non-hydrogen) atoms. The molecule has 0 atom stereocenters. The number of sulfonamides is 1. The fourth-order valence-electron chi connectivity index (χ4n) is 2.12. The topological polar surface area (TPSA) is 94.6 Å². The van der Waals surface area contributed by atoms with Crippen LogP contribution in [0.1, 0.15) is 36.3 Å². The predicted octanol–water partition coefficient (Wildman–Crippen LogP) is 1.45. The largest absolute Gasteiger partial charge is 0.465 e. The number of hydrogen-bond acceptors (Lipinski definition) is 5. The minimum Gasteiger partial charge on any atom is -0.465 e. The summed E-state index contributed by atoms with van der Waals surface area (Å²) in [6, 6.07) is 0. The van der Waals surface area contributed by atoms with Crippen molar-refractivity contribution in [1.29, 1.82) is 0 Å². The van der Waals surface area contributed by atoms with E-state index >= 15 is 0 Å². The number of ether oxygens (including phenoxy) is 1. The molecule has 0 spiro atoms. The Morgan fingerprint density at radius 1 is 1.20 bits per heavy atom. The van der Waals surface area contributed by atoms with E-state index in [0.717, 1.165) is 19.3 Å². The van der Waals surface area contributed by atoms with Crippen LogP contribution in [0.15, 0.2) is 9.31 Å². The van der Waals surface area contributed by atoms with Crippen LogP contribution in [-0.4, -0.2) is 28.7 Å². The van der Waals surface area contributed by atoms with Gasteiger partial charge in [0, 0.05) is 32.4 Å². The molecule has 116 valence electrons. The number of nitrogens with two attached hydrogens (primary N) is 1. The van der Waals surface area contributed by atoms with Crippen LogP contribution in [0.25, 0.3) is 0 Å². The highest BCUT2D eigenvalue weighted by atomic mass is 32.2. The molecule has 0 fully saturated rings. The average molecular weight is 304 g/mol. The van der Waals surface area contributed by atoms with Gasteiger partial charge in [0.25, 0.3) is 0 Å². The standard InChI is InChI=1S/C13H24N2O4S/c1-10-12(9-14)13(11(2)19-10)20(16,17)15-7-5-4-6-8-18-3/h15H,4-9,14H2,1-3H3. The summed E-state index contributed by atoms with van der Waals surface area (Å²) in [5.41, 5.74) is 6.16. The Morgan fingerprint density at radius 2 is 1.90 bits per heavy atom. The zero-order valence-corrected chi connectivity index (χ0v) is 13.2. The minimum atomic E-state index is -3.56. The van der Waals surface area contributed by atoms with Gasteiger partial charge in [-0.1, -0.05) is 0 Å². The highest BCUT2D eigenvalue weighted by Gasteiger charge is 2.25. The third kappa shape index (κ3) is 4.31. The number of aryl methyl sites for hydroxylation is 2. The molecule has 0 unspecified atom stereocenters. The van der Waals surface area contributed by atoms with Gasteiger partial charge in [-0.25, -0.2) is 13.1 Å². The normalized spacial score (nSPS) is 12.0. The number of hydrogen-bond donors (Lipinski definition) is 2. The van der Waals surface area contributed by atoms with E-state index in [1.54, 1.807) is 21.0 Å². The smallest absolute Gasteiger partial charge is 0.244 e. The fraction of sp³-hybridized carbons (Fsp3) is 0.692. The van der Waals surface area contributed by atoms with Gasteiger partial charge in [-0.2, -0.15) is 0 Å². The molecule has 0 amide bonds. The molecule has 0 aliphatic rings. The lowest BCUT2D eigenvalue weighted by Gasteiger charge is -2.07. The van der Waals surface area contributed by atoms with Crippen molar-refractivity contribution in [2.45, 2.75) is 44.6 Å². The number of unbranched alkanes of at least 4 members (excludes halogenated alkanes) is 2. The van der Waals surface area contributed by atoms with Crippen LogP contribution in [0.5, 0.6) is 0 Å². The molecule has 0 aliphatic carbocycles. The Hall–Kier alpha value is -0.890. The first-order chi connectivity index (χ1) is 9.44. The molecule has 3 N–H and O–H groups in total. The van der Waals surface area contributed by atoms with Crippen LogP contribution >= 0.6 is 0 Å². The van der Waals surface area contributed by atoms with Crippen molar-refractivity contribution in [2.75, 3.05) is 20.3 Å². The van der Waals surface area contributed by atoms with Gasteiger partial charge < -0.3 is 14.9 Å². The summed E-state index contributed by atoms with van der Waals surface area (Å²) in [6.45, 7) is 4.61. The fourth-order valence-corrected chi connectivity index (χ4v) is 3.65. The molecule has 0 saturated carbocycles. The summed E-state index contributed by atoms with van der Waals surface area (Å²) in [7, 11) is -1.91. The van der Waals surface area contributed by atoms with Gasteiger partial charge in [-0.15, -0.1) is 0 Å². The van der Waals surface area contributed by atoms with Crippen LogP contribution < -0.4 is 10.5 Å². The lowest BCUT2D eigenvalue weighted by molar-refractivity contribution is 0.192. The van der Waals surface area contributed by atoms with Gasteiger partial charge in [0.15, 0.2) is 0 Å². The Balaban J connectivity index is 2.65. The van der Waals surface area contributed by atoms with Crippen LogP contribution in [0.4, 0.5) is 0 Å². The van der Waals surface area contributed by atoms with E-state index in [2.05, 4.69) is 4.72 Å². The van der Waals surface area contributed by atoms with E-state index < -0.39 is 10.0 Å². The van der Waals surface area contributed by atoms with E-state index in [1.807, 2.05) is 0 Å². The third-order valence-corrected chi connectivity index (χ3v) is 4.77. The van der Waals surface area contributed by atoms with Gasteiger partial charge in [0.1, 0.15) is 16.4 Å². The van der Waals surface area contributed by atoms with Gasteiger partial charge in [-0.05, 0) is 33.1 Å². The minimum absolute atomic E-state index is 0.146. The van der Waals surface area contributed by atoms with Crippen molar-refractivity contribution in [1.82, 2.24) is 4.72 Å². The summed E-state index contributed by atoms with van der Waals surface area (Å²) in [4.78, 5) is 0.189. The molecule has 0 saturated heterocycles. The van der Waals surface area contributed by atoms with Crippen molar-refractivity contribution in [2.24, 2.45) is 5.73 Å². The van der Waals surface area contributed by atoms with Crippen LogP contribution in [0.2, 0.25) is 0 Å². The molecule has 0 radical (unpaired) electrons. The van der Waals surface area contributed by atoms with Crippen LogP contribution in [0, 0.1) is 13.8 Å². The number of nitrogens with one attached hydrogen (secondary N) is 1. The van der Waals surface area contributed by atoms with Crippen molar-refractivity contribution in [3.05, 3.63) is 17.1 Å². The molecule has 0 aliphatic heterocycles. The van der Waals surface area contributed by atoms with Crippen LogP contribution in [-0.2, 0) is 21.3 Å². The molecular formula is C13H24N2O4S. The monoisotopic (exact) mass is 304 g/mol. The molecule has 6 nitrogen and oxygen atoms in total. The molecule has 0 bridgehead atoms. The SMILES string of the molecule is COCCCCCNS(=O)(=O)c1c(C)oc(C)c1CN. The number of methoxy groups -OCH3 is 1. The predicted molar refractivity (Wildman–Crippen MR) is 77.0 cm³/mol. The lowest BCUT2D eigenvalue weighted by Crippen LogP contribution is -2.26. The summed E-state index contributed by atoms with van der Waals surface area (Å²) in [5.74, 6) is 0.945. The second kappa shape index (κ2) is 7.78. The maximum atomic E-state index is 12.3. The molecule has 1 rings (SSSR count). The first kappa shape index (κ1) is 17.2. The molecular weight excluding hydrogens is 280 g/mol. The average Bonchev–Trinajstić information content (AvgIpc) is 2.68. The van der Waals surface area contributed by atoms with Crippen molar-refractivity contribution < 1.29 is 17.6 Å². The molecule has 7 heteroatoms. The van der Waals surface area contributed by atoms with Crippen molar-refractivity contribution in [3.63, 3.8) is 0 Å². The Morgan fingerprint density at radius 3 is 2.50 bits per heavy atom. The summed E-state index contributed by atoms with van der Waals surface area (Å²) >= 11 is 0. The quantitative estimate of drug-likeness (QED) is 0.673. The Bertz CT molecular complexity index is 523. The van der Waals surface area contributed by atoms with Gasteiger partial charge in [0.2, 0.25) is 10.0 Å². The van der Waals surface area contributed by atoms with Gasteiger partial charge in [-0.3, -0.25) is 0 Å². The van der Waals surface area contributed by atoms with E-state index in [0.29, 0.717) is 30.2 Å². The van der Waals surface area contributed by atoms with Gasteiger partial charge >= 0.3 is 0 Å². The summed E-state index contributed by atoms with van der Waals surface area (Å²) in [6.07, 6.45) is 2.62. The van der Waals surface area contributed by atoms with Crippen LogP contribution in [0.3, 0.4) is 0 Å². The molecule has 1 aromatic rings. The van der Waals surface area contributed by atoms with E-state index in [1.165, 1.54) is 0 Å². The highest BCUT2D eigenvalue weighted by molar-refractivity contribution is 7.89. The molecule has 1 heterocycles. The van der Waals surface area contributed by atoms with Crippen molar-refractivity contribution in [3.8, 4) is 0 Å². The zero-order valence-electron chi connectivity index (χ0n) is 12.4. The second-order valence-corrected chi connectivity index (χ2v) is 6.38. The highest BCUT2D eigenvalue weighted by Crippen LogP contribution is 2.25. The Labute approximate surface area is 120 Å². The first-order valence-electron chi connectivity index (χ1n) is 6.71. The summed E-state index contributed by atoms with van der Waals surface area (Å²) in [5, 5.41) is 0. The maximum Gasteiger partial charge on any atom is 0.244 e. The molecule has 0 aromatic carbocycles. The maximum absolute atomic E-state index is 12.3. The van der Waals surface area contributed by atoms with Crippen molar-refractivity contribution >= 4 is 10.0 Å². The first-order valence-corrected chi connectivity index (χ1v) is 8.20. The van der Waals surface area contributed by atoms with E-state index in [4.69, 9.17) is 14.9 Å². The van der Waals surface area contributed by atoms with E-state index in [9.17, 15) is 8.42 Å². The Kier molecular flexibility index (Phi) is 6.67. The lowest BCUT2D eigenvalue weighted by atomic mass is 10.2. The third-order valence-electron chi connectivity index (χ3n) is 3.12. The zero-order chi connectivity index (χ0) is 15.2. The van der Waals surface area contributed by atoms with E-state index in [-0.39, 0.29) is 11.4 Å². The summed E-state index contributed by atoms with van der Waals surface area (Å²) < 4.78 is 37.5.